The topological polar surface area (TPSA) is 65.3 Å². The number of nitrogens with zero attached hydrogens (tertiary/aromatic N) is 2. The number of aliphatic hydroxyl groups is 2. The Kier molecular flexibility index (Phi) is 6.84. The van der Waals surface area contributed by atoms with Gasteiger partial charge in [-0.3, -0.25) is 0 Å². The number of likely N-dealkylation sites (N-methyl/N-ethyl adjacent to an activating group) is 1. The van der Waals surface area contributed by atoms with Crippen LogP contribution in [0.5, 0.6) is 0 Å². The second-order valence-corrected chi connectivity index (χ2v) is 12.2. The first kappa shape index (κ1) is 24.2. The van der Waals surface area contributed by atoms with Gasteiger partial charge in [0.15, 0.2) is 0 Å². The summed E-state index contributed by atoms with van der Waals surface area (Å²) in [6, 6.07) is 0. The Morgan fingerprint density at radius 2 is 1.84 bits per heavy atom. The van der Waals surface area contributed by atoms with Crippen LogP contribution in [0.2, 0.25) is 0 Å². The molecule has 0 saturated heterocycles. The number of rotatable bonds is 6. The minimum atomic E-state index is -0.569. The van der Waals surface area contributed by atoms with E-state index >= 15 is 0 Å². The molecule has 4 aliphatic rings. The fraction of sp³-hybridized carbons (Fsp3) is 0.889. The van der Waals surface area contributed by atoms with E-state index in [-0.39, 0.29) is 11.5 Å². The van der Waals surface area contributed by atoms with Gasteiger partial charge in [0.05, 0.1) is 17.9 Å². The third-order valence-corrected chi connectivity index (χ3v) is 10.3. The van der Waals surface area contributed by atoms with Gasteiger partial charge in [0.25, 0.3) is 0 Å². The molecule has 4 fully saturated rings. The molecule has 32 heavy (non-hydrogen) atoms. The molecule has 182 valence electrons. The molecule has 4 aliphatic carbocycles. The van der Waals surface area contributed by atoms with Crippen LogP contribution in [0, 0.1) is 34.5 Å². The molecule has 2 N–H and O–H groups in total. The van der Waals surface area contributed by atoms with Crippen LogP contribution in [-0.2, 0) is 4.84 Å². The highest BCUT2D eigenvalue weighted by atomic mass is 16.6. The fourth-order valence-corrected chi connectivity index (χ4v) is 8.27. The Morgan fingerprint density at radius 1 is 1.06 bits per heavy atom. The summed E-state index contributed by atoms with van der Waals surface area (Å²) >= 11 is 0. The summed E-state index contributed by atoms with van der Waals surface area (Å²) < 4.78 is 0. The lowest BCUT2D eigenvalue weighted by Gasteiger charge is -2.63. The molecule has 0 aliphatic heterocycles. The zero-order valence-corrected chi connectivity index (χ0v) is 21.0. The quantitative estimate of drug-likeness (QED) is 0.355. The molecular weight excluding hydrogens is 400 g/mol. The molecule has 0 aromatic heterocycles. The van der Waals surface area contributed by atoms with E-state index in [2.05, 4.69) is 36.9 Å². The van der Waals surface area contributed by atoms with Gasteiger partial charge in [-0.2, -0.15) is 0 Å². The maximum Gasteiger partial charge on any atom is 0.129 e. The van der Waals surface area contributed by atoms with Crippen LogP contribution in [0.4, 0.5) is 0 Å². The van der Waals surface area contributed by atoms with Crippen LogP contribution in [0.1, 0.15) is 78.6 Å². The lowest BCUT2D eigenvalue weighted by Crippen LogP contribution is -2.62. The lowest BCUT2D eigenvalue weighted by molar-refractivity contribution is -0.207. The Labute approximate surface area is 195 Å². The monoisotopic (exact) mass is 446 g/mol. The van der Waals surface area contributed by atoms with Gasteiger partial charge in [-0.05, 0) is 113 Å². The number of allylic oxidation sites excluding steroid dienone is 2. The lowest BCUT2D eigenvalue weighted by atomic mass is 9.43. The van der Waals surface area contributed by atoms with Gasteiger partial charge in [0.2, 0.25) is 0 Å². The average molecular weight is 447 g/mol. The van der Waals surface area contributed by atoms with Crippen molar-refractivity contribution in [3.05, 3.63) is 11.6 Å². The summed E-state index contributed by atoms with van der Waals surface area (Å²) in [5, 5.41) is 26.7. The van der Waals surface area contributed by atoms with Gasteiger partial charge in [0, 0.05) is 12.0 Å². The Balaban J connectivity index is 1.47. The normalized spacial score (nSPS) is 46.8. The second-order valence-electron chi connectivity index (χ2n) is 12.2. The smallest absolute Gasteiger partial charge is 0.129 e. The standard InChI is InChI=1S/C27H46N2O3/c1-19(18-28-32-15-14-29(4)5)16-21-8-13-27(31)24-7-6-20-17-22(30)9-11-25(20,2)23(24)10-12-26(21,27)3/h16,18,20-24,30-31H,6-15,17H2,1-5H3/b19-16+,28-18?/t20-,21-,22+,23+,24-,25+,26-,27+/m1/s1. The van der Waals surface area contributed by atoms with Gasteiger partial charge < -0.3 is 20.0 Å². The van der Waals surface area contributed by atoms with Gasteiger partial charge in [-0.1, -0.05) is 25.1 Å². The molecule has 4 saturated carbocycles. The highest BCUT2D eigenvalue weighted by Gasteiger charge is 2.66. The molecule has 0 amide bonds. The van der Waals surface area contributed by atoms with Crippen molar-refractivity contribution in [3.63, 3.8) is 0 Å². The first-order valence-electron chi connectivity index (χ1n) is 13.0. The van der Waals surface area contributed by atoms with Crippen LogP contribution >= 0.6 is 0 Å². The summed E-state index contributed by atoms with van der Waals surface area (Å²) in [5.41, 5.74) is 0.789. The number of fused-ring (bicyclic) bond motifs is 5. The van der Waals surface area contributed by atoms with Gasteiger partial charge in [-0.15, -0.1) is 0 Å². The van der Waals surface area contributed by atoms with Crippen molar-refractivity contribution in [1.82, 2.24) is 4.90 Å². The van der Waals surface area contributed by atoms with E-state index in [0.717, 1.165) is 57.1 Å². The van der Waals surface area contributed by atoms with Crippen LogP contribution in [0.15, 0.2) is 16.8 Å². The molecule has 0 spiro atoms. The minimum Gasteiger partial charge on any atom is -0.394 e. The second kappa shape index (κ2) is 9.03. The first-order valence-corrected chi connectivity index (χ1v) is 13.0. The molecule has 0 aromatic carbocycles. The summed E-state index contributed by atoms with van der Waals surface area (Å²) in [6.45, 7) is 8.39. The third-order valence-electron chi connectivity index (χ3n) is 10.3. The van der Waals surface area contributed by atoms with E-state index in [1.807, 2.05) is 20.3 Å². The number of oxime groups is 1. The first-order chi connectivity index (χ1) is 15.1. The number of hydrogen-bond donors (Lipinski definition) is 2. The fourth-order valence-electron chi connectivity index (χ4n) is 8.27. The van der Waals surface area contributed by atoms with Crippen LogP contribution in [0.3, 0.4) is 0 Å². The summed E-state index contributed by atoms with van der Waals surface area (Å²) in [4.78, 5) is 7.47. The number of aliphatic hydroxyl groups excluding tert-OH is 1. The highest BCUT2D eigenvalue weighted by molar-refractivity contribution is 5.77. The van der Waals surface area contributed by atoms with Crippen molar-refractivity contribution in [2.24, 2.45) is 39.7 Å². The van der Waals surface area contributed by atoms with E-state index in [1.165, 1.54) is 12.8 Å². The van der Waals surface area contributed by atoms with E-state index in [4.69, 9.17) is 4.84 Å². The molecule has 4 rings (SSSR count). The molecule has 0 radical (unpaired) electrons. The molecule has 0 aromatic rings. The van der Waals surface area contributed by atoms with Crippen molar-refractivity contribution in [2.75, 3.05) is 27.2 Å². The minimum absolute atomic E-state index is 0.0631. The molecule has 0 heterocycles. The largest absolute Gasteiger partial charge is 0.394 e. The molecule has 0 unspecified atom stereocenters. The maximum absolute atomic E-state index is 12.3. The van der Waals surface area contributed by atoms with Crippen molar-refractivity contribution in [2.45, 2.75) is 90.3 Å². The predicted molar refractivity (Wildman–Crippen MR) is 129 cm³/mol. The summed E-state index contributed by atoms with van der Waals surface area (Å²) in [5.74, 6) is 2.02. The van der Waals surface area contributed by atoms with Gasteiger partial charge >= 0.3 is 0 Å². The Bertz CT molecular complexity index is 736. The van der Waals surface area contributed by atoms with E-state index in [9.17, 15) is 10.2 Å². The Morgan fingerprint density at radius 3 is 2.59 bits per heavy atom. The molecular formula is C27H46N2O3. The maximum atomic E-state index is 12.3. The van der Waals surface area contributed by atoms with Gasteiger partial charge in [-0.25, -0.2) is 0 Å². The van der Waals surface area contributed by atoms with Crippen LogP contribution < -0.4 is 0 Å². The van der Waals surface area contributed by atoms with Crippen molar-refractivity contribution < 1.29 is 15.1 Å². The predicted octanol–water partition coefficient (Wildman–Crippen LogP) is 4.63. The SMILES string of the molecule is C/C(C=NOCCN(C)C)=C\[C@H]1CC[C@]2(O)[C@@H]3CC[C@@H]4C[C@@H](O)CC[C@]4(C)[C@H]3CC[C@]12C. The van der Waals surface area contributed by atoms with E-state index in [1.54, 1.807) is 0 Å². The van der Waals surface area contributed by atoms with Gasteiger partial charge in [0.1, 0.15) is 6.61 Å². The molecule has 0 bridgehead atoms. The van der Waals surface area contributed by atoms with Crippen LogP contribution in [-0.4, -0.2) is 60.3 Å². The van der Waals surface area contributed by atoms with Crippen molar-refractivity contribution in [1.29, 1.82) is 0 Å². The van der Waals surface area contributed by atoms with Crippen molar-refractivity contribution in [3.8, 4) is 0 Å². The molecule has 5 heteroatoms. The molecule has 8 atom stereocenters. The molecule has 5 nitrogen and oxygen atoms in total. The summed E-state index contributed by atoms with van der Waals surface area (Å²) in [7, 11) is 4.05. The zero-order valence-electron chi connectivity index (χ0n) is 21.0. The van der Waals surface area contributed by atoms with E-state index in [0.29, 0.717) is 35.7 Å². The third kappa shape index (κ3) is 4.07. The highest BCUT2D eigenvalue weighted by Crippen LogP contribution is 2.69. The van der Waals surface area contributed by atoms with E-state index < -0.39 is 5.60 Å². The summed E-state index contributed by atoms with van der Waals surface area (Å²) in [6.07, 6.45) is 13.7. The van der Waals surface area contributed by atoms with Crippen LogP contribution in [0.25, 0.3) is 0 Å². The van der Waals surface area contributed by atoms with Crippen molar-refractivity contribution >= 4 is 6.21 Å². The Hall–Kier alpha value is -0.910. The zero-order chi connectivity index (χ0) is 23.1. The average Bonchev–Trinajstić information content (AvgIpc) is 2.99. The number of hydrogen-bond acceptors (Lipinski definition) is 5.